The minimum atomic E-state index is -0.551. The first-order chi connectivity index (χ1) is 9.47. The number of nitro groups is 1. The van der Waals surface area contributed by atoms with Crippen molar-refractivity contribution < 1.29 is 9.72 Å². The molecular weight excluding hydrogens is 348 g/mol. The molecule has 0 unspecified atom stereocenters. The lowest BCUT2D eigenvalue weighted by Gasteiger charge is -2.07. The molecule has 1 N–H and O–H groups in total. The van der Waals surface area contributed by atoms with E-state index in [0.29, 0.717) is 5.56 Å². The van der Waals surface area contributed by atoms with E-state index in [0.717, 1.165) is 4.47 Å². The number of rotatable bonds is 3. The number of carbonyl (C=O) groups is 1. The number of anilines is 1. The molecule has 1 amide bonds. The second-order valence-corrected chi connectivity index (χ2v) is 5.21. The molecule has 0 heterocycles. The quantitative estimate of drug-likeness (QED) is 0.660. The molecule has 0 saturated heterocycles. The van der Waals surface area contributed by atoms with Gasteiger partial charge in [-0.15, -0.1) is 0 Å². The minimum Gasteiger partial charge on any atom is -0.320 e. The second kappa shape index (κ2) is 6.02. The molecule has 0 bridgehead atoms. The first kappa shape index (κ1) is 14.5. The Balaban J connectivity index is 2.27. The van der Waals surface area contributed by atoms with Crippen LogP contribution in [-0.2, 0) is 0 Å². The Hall–Kier alpha value is -1.92. The zero-order valence-electron chi connectivity index (χ0n) is 9.97. The van der Waals surface area contributed by atoms with Crippen LogP contribution in [0.3, 0.4) is 0 Å². The summed E-state index contributed by atoms with van der Waals surface area (Å²) < 4.78 is 0.760. The number of nitro benzene ring substituents is 1. The standard InChI is InChI=1S/C13H8BrClN2O3/c14-9-3-1-2-8(6-9)13(18)16-12-7-10(17(19)20)4-5-11(12)15/h1-7H,(H,16,18). The Kier molecular flexibility index (Phi) is 4.36. The normalized spacial score (nSPS) is 10.1. The largest absolute Gasteiger partial charge is 0.320 e. The summed E-state index contributed by atoms with van der Waals surface area (Å²) in [5.41, 5.74) is 0.478. The van der Waals surface area contributed by atoms with Crippen molar-refractivity contribution in [3.8, 4) is 0 Å². The number of nitrogens with one attached hydrogen (secondary N) is 1. The van der Waals surface area contributed by atoms with Crippen molar-refractivity contribution in [3.05, 3.63) is 67.6 Å². The summed E-state index contributed by atoms with van der Waals surface area (Å²) in [6.07, 6.45) is 0. The predicted molar refractivity (Wildman–Crippen MR) is 80.2 cm³/mol. The van der Waals surface area contributed by atoms with E-state index < -0.39 is 10.8 Å². The van der Waals surface area contributed by atoms with E-state index in [2.05, 4.69) is 21.2 Å². The summed E-state index contributed by atoms with van der Waals surface area (Å²) in [7, 11) is 0. The molecule has 0 fully saturated rings. The average molecular weight is 356 g/mol. The van der Waals surface area contributed by atoms with Gasteiger partial charge in [0.2, 0.25) is 0 Å². The number of amides is 1. The molecule has 0 aromatic heterocycles. The van der Waals surface area contributed by atoms with E-state index in [9.17, 15) is 14.9 Å². The maximum absolute atomic E-state index is 12.0. The molecule has 0 aliphatic carbocycles. The second-order valence-electron chi connectivity index (χ2n) is 3.89. The molecule has 0 radical (unpaired) electrons. The van der Waals surface area contributed by atoms with Crippen molar-refractivity contribution in [2.45, 2.75) is 0 Å². The van der Waals surface area contributed by atoms with Crippen molar-refractivity contribution >= 4 is 44.8 Å². The molecular formula is C13H8BrClN2O3. The van der Waals surface area contributed by atoms with Gasteiger partial charge in [-0.1, -0.05) is 33.6 Å². The van der Waals surface area contributed by atoms with Gasteiger partial charge in [0.05, 0.1) is 15.6 Å². The highest BCUT2D eigenvalue weighted by atomic mass is 79.9. The van der Waals surface area contributed by atoms with Crippen LogP contribution in [0.5, 0.6) is 0 Å². The van der Waals surface area contributed by atoms with Crippen LogP contribution in [0.1, 0.15) is 10.4 Å². The van der Waals surface area contributed by atoms with Crippen LogP contribution in [0.4, 0.5) is 11.4 Å². The van der Waals surface area contributed by atoms with E-state index in [1.54, 1.807) is 24.3 Å². The molecule has 0 spiro atoms. The fourth-order valence-corrected chi connectivity index (χ4v) is 2.11. The van der Waals surface area contributed by atoms with Gasteiger partial charge in [-0.2, -0.15) is 0 Å². The van der Waals surface area contributed by atoms with Gasteiger partial charge in [-0.3, -0.25) is 14.9 Å². The van der Waals surface area contributed by atoms with Crippen LogP contribution in [0, 0.1) is 10.1 Å². The minimum absolute atomic E-state index is 0.140. The third-order valence-electron chi connectivity index (χ3n) is 2.50. The molecule has 0 aliphatic heterocycles. The maximum Gasteiger partial charge on any atom is 0.271 e. The van der Waals surface area contributed by atoms with Gasteiger partial charge in [0.15, 0.2) is 0 Å². The van der Waals surface area contributed by atoms with Gasteiger partial charge >= 0.3 is 0 Å². The van der Waals surface area contributed by atoms with Gasteiger partial charge in [0.25, 0.3) is 11.6 Å². The summed E-state index contributed by atoms with van der Waals surface area (Å²) >= 11 is 9.18. The highest BCUT2D eigenvalue weighted by molar-refractivity contribution is 9.10. The Morgan fingerprint density at radius 1 is 1.25 bits per heavy atom. The number of non-ortho nitro benzene ring substituents is 1. The van der Waals surface area contributed by atoms with E-state index >= 15 is 0 Å². The Morgan fingerprint density at radius 2 is 2.00 bits per heavy atom. The van der Waals surface area contributed by atoms with Gasteiger partial charge in [-0.05, 0) is 24.3 Å². The monoisotopic (exact) mass is 354 g/mol. The zero-order valence-corrected chi connectivity index (χ0v) is 12.3. The fourth-order valence-electron chi connectivity index (χ4n) is 1.55. The molecule has 0 aliphatic rings. The lowest BCUT2D eigenvalue weighted by Crippen LogP contribution is -2.12. The number of nitrogens with zero attached hydrogens (tertiary/aromatic N) is 1. The first-order valence-electron chi connectivity index (χ1n) is 5.48. The predicted octanol–water partition coefficient (Wildman–Crippen LogP) is 4.26. The lowest BCUT2D eigenvalue weighted by atomic mass is 10.2. The smallest absolute Gasteiger partial charge is 0.271 e. The van der Waals surface area contributed by atoms with Crippen LogP contribution >= 0.6 is 27.5 Å². The van der Waals surface area contributed by atoms with Gasteiger partial charge < -0.3 is 5.32 Å². The van der Waals surface area contributed by atoms with E-state index in [-0.39, 0.29) is 16.4 Å². The molecule has 2 aromatic rings. The summed E-state index contributed by atoms with van der Waals surface area (Å²) in [6.45, 7) is 0. The Labute approximate surface area is 127 Å². The fraction of sp³-hybridized carbons (Fsp3) is 0. The van der Waals surface area contributed by atoms with Gasteiger partial charge in [0.1, 0.15) is 0 Å². The maximum atomic E-state index is 12.0. The van der Waals surface area contributed by atoms with Gasteiger partial charge in [0, 0.05) is 22.2 Å². The molecule has 0 atom stereocenters. The third kappa shape index (κ3) is 3.34. The van der Waals surface area contributed by atoms with Crippen LogP contribution < -0.4 is 5.32 Å². The summed E-state index contributed by atoms with van der Waals surface area (Å²) in [6, 6.07) is 10.6. The highest BCUT2D eigenvalue weighted by Crippen LogP contribution is 2.27. The number of halogens is 2. The summed E-state index contributed by atoms with van der Waals surface area (Å²) in [5, 5.41) is 13.5. The molecule has 7 heteroatoms. The zero-order chi connectivity index (χ0) is 14.7. The first-order valence-corrected chi connectivity index (χ1v) is 6.65. The van der Waals surface area contributed by atoms with Crippen molar-refractivity contribution in [3.63, 3.8) is 0 Å². The molecule has 102 valence electrons. The average Bonchev–Trinajstić information content (AvgIpc) is 2.41. The van der Waals surface area contributed by atoms with Crippen molar-refractivity contribution in [2.24, 2.45) is 0 Å². The number of carbonyl (C=O) groups excluding carboxylic acids is 1. The van der Waals surface area contributed by atoms with Crippen molar-refractivity contribution in [2.75, 3.05) is 5.32 Å². The molecule has 20 heavy (non-hydrogen) atoms. The van der Waals surface area contributed by atoms with E-state index in [1.165, 1.54) is 18.2 Å². The lowest BCUT2D eigenvalue weighted by molar-refractivity contribution is -0.384. The van der Waals surface area contributed by atoms with Crippen molar-refractivity contribution in [1.29, 1.82) is 0 Å². The van der Waals surface area contributed by atoms with Crippen LogP contribution in [0.2, 0.25) is 5.02 Å². The number of benzene rings is 2. The highest BCUT2D eigenvalue weighted by Gasteiger charge is 2.13. The van der Waals surface area contributed by atoms with Crippen molar-refractivity contribution in [1.82, 2.24) is 0 Å². The Morgan fingerprint density at radius 3 is 2.65 bits per heavy atom. The molecule has 0 saturated carbocycles. The molecule has 2 rings (SSSR count). The SMILES string of the molecule is O=C(Nc1cc([N+](=O)[O-])ccc1Cl)c1cccc(Br)c1. The molecule has 2 aromatic carbocycles. The topological polar surface area (TPSA) is 72.2 Å². The number of hydrogen-bond acceptors (Lipinski definition) is 3. The van der Waals surface area contributed by atoms with Crippen LogP contribution in [-0.4, -0.2) is 10.8 Å². The summed E-state index contributed by atoms with van der Waals surface area (Å²) in [5.74, 6) is -0.395. The number of hydrogen-bond donors (Lipinski definition) is 1. The third-order valence-corrected chi connectivity index (χ3v) is 3.32. The summed E-state index contributed by atoms with van der Waals surface area (Å²) in [4.78, 5) is 22.2. The van der Waals surface area contributed by atoms with Gasteiger partial charge in [-0.25, -0.2) is 0 Å². The Bertz CT molecular complexity index is 691. The van der Waals surface area contributed by atoms with Crippen LogP contribution in [0.15, 0.2) is 46.9 Å². The van der Waals surface area contributed by atoms with E-state index in [4.69, 9.17) is 11.6 Å². The van der Waals surface area contributed by atoms with Crippen LogP contribution in [0.25, 0.3) is 0 Å². The van der Waals surface area contributed by atoms with E-state index in [1.807, 2.05) is 0 Å². The molecule has 5 nitrogen and oxygen atoms in total.